The smallest absolute Gasteiger partial charge is 0.249 e. The molecule has 1 amide bonds. The highest BCUT2D eigenvalue weighted by Crippen LogP contribution is 2.20. The van der Waals surface area contributed by atoms with Gasteiger partial charge in [-0.05, 0) is 32.2 Å². The summed E-state index contributed by atoms with van der Waals surface area (Å²) in [4.78, 5) is 11.7. The van der Waals surface area contributed by atoms with E-state index in [0.717, 1.165) is 12.8 Å². The molecule has 4 nitrogen and oxygen atoms in total. The van der Waals surface area contributed by atoms with Crippen LogP contribution in [0.5, 0.6) is 0 Å². The Labute approximate surface area is 85.2 Å². The van der Waals surface area contributed by atoms with E-state index in [0.29, 0.717) is 19.1 Å². The van der Waals surface area contributed by atoms with E-state index in [1.165, 1.54) is 0 Å². The average molecular weight is 200 g/mol. The molecule has 0 aromatic heterocycles. The molecule has 1 heterocycles. The molecule has 14 heavy (non-hydrogen) atoms. The van der Waals surface area contributed by atoms with E-state index >= 15 is 0 Å². The first kappa shape index (κ1) is 11.5. The maximum absolute atomic E-state index is 11.7. The Morgan fingerprint density at radius 2 is 2.43 bits per heavy atom. The van der Waals surface area contributed by atoms with Crippen LogP contribution in [0.2, 0.25) is 0 Å². The molecule has 1 rings (SSSR count). The number of nitrogens with one attached hydrogen (secondary N) is 1. The summed E-state index contributed by atoms with van der Waals surface area (Å²) in [5, 5.41) is 2.91. The standard InChI is InChI=1S/C10H20N2O2/c1-7-4-6-14-9(7)10(13)12-8(2)3-5-11/h7-9H,3-6,11H2,1-2H3,(H,12,13). The summed E-state index contributed by atoms with van der Waals surface area (Å²) in [5.74, 6) is 0.344. The van der Waals surface area contributed by atoms with Crippen LogP contribution in [0.25, 0.3) is 0 Å². The van der Waals surface area contributed by atoms with Crippen molar-refractivity contribution in [1.82, 2.24) is 5.32 Å². The fraction of sp³-hybridized carbons (Fsp3) is 0.900. The van der Waals surface area contributed by atoms with Gasteiger partial charge in [0.05, 0.1) is 0 Å². The predicted octanol–water partition coefficient (Wildman–Crippen LogP) is 0.265. The topological polar surface area (TPSA) is 64.3 Å². The maximum atomic E-state index is 11.7. The lowest BCUT2D eigenvalue weighted by Crippen LogP contribution is -2.42. The van der Waals surface area contributed by atoms with Gasteiger partial charge < -0.3 is 15.8 Å². The molecule has 1 aliphatic rings. The van der Waals surface area contributed by atoms with Crippen LogP contribution in [0.15, 0.2) is 0 Å². The van der Waals surface area contributed by atoms with Crippen molar-refractivity contribution in [2.24, 2.45) is 11.7 Å². The number of carbonyl (C=O) groups excluding carboxylic acids is 1. The monoisotopic (exact) mass is 200 g/mol. The van der Waals surface area contributed by atoms with Crippen LogP contribution in [0.1, 0.15) is 26.7 Å². The van der Waals surface area contributed by atoms with Gasteiger partial charge in [0.15, 0.2) is 0 Å². The number of carbonyl (C=O) groups is 1. The van der Waals surface area contributed by atoms with Gasteiger partial charge in [0.2, 0.25) is 5.91 Å². The van der Waals surface area contributed by atoms with Crippen molar-refractivity contribution in [3.63, 3.8) is 0 Å². The zero-order valence-electron chi connectivity index (χ0n) is 8.95. The minimum Gasteiger partial charge on any atom is -0.368 e. The Hall–Kier alpha value is -0.610. The third-order valence-electron chi connectivity index (χ3n) is 2.63. The SMILES string of the molecule is CC(CCN)NC(=O)C1OCCC1C. The molecule has 0 saturated carbocycles. The largest absolute Gasteiger partial charge is 0.368 e. The van der Waals surface area contributed by atoms with Gasteiger partial charge in [0.25, 0.3) is 0 Å². The minimum absolute atomic E-state index is 0.0101. The van der Waals surface area contributed by atoms with Gasteiger partial charge in [-0.25, -0.2) is 0 Å². The first-order valence-corrected chi connectivity index (χ1v) is 5.27. The van der Waals surface area contributed by atoms with E-state index in [-0.39, 0.29) is 18.1 Å². The molecule has 0 aromatic rings. The lowest BCUT2D eigenvalue weighted by molar-refractivity contribution is -0.132. The van der Waals surface area contributed by atoms with Gasteiger partial charge >= 0.3 is 0 Å². The van der Waals surface area contributed by atoms with Gasteiger partial charge in [-0.15, -0.1) is 0 Å². The highest BCUT2D eigenvalue weighted by Gasteiger charge is 2.31. The highest BCUT2D eigenvalue weighted by molar-refractivity contribution is 5.81. The summed E-state index contributed by atoms with van der Waals surface area (Å²) in [6.45, 7) is 5.31. The molecular weight excluding hydrogens is 180 g/mol. The van der Waals surface area contributed by atoms with Crippen LogP contribution in [0.3, 0.4) is 0 Å². The lowest BCUT2D eigenvalue weighted by atomic mass is 10.0. The van der Waals surface area contributed by atoms with Gasteiger partial charge in [0, 0.05) is 12.6 Å². The first-order chi connectivity index (χ1) is 6.65. The predicted molar refractivity (Wildman–Crippen MR) is 54.8 cm³/mol. The Morgan fingerprint density at radius 1 is 1.71 bits per heavy atom. The molecule has 0 aliphatic carbocycles. The van der Waals surface area contributed by atoms with Crippen molar-refractivity contribution in [1.29, 1.82) is 0 Å². The van der Waals surface area contributed by atoms with Crippen LogP contribution in [-0.4, -0.2) is 31.2 Å². The summed E-state index contributed by atoms with van der Waals surface area (Å²) in [5.41, 5.74) is 5.40. The third kappa shape index (κ3) is 2.96. The van der Waals surface area contributed by atoms with Crippen molar-refractivity contribution >= 4 is 5.91 Å². The van der Waals surface area contributed by atoms with Crippen molar-refractivity contribution in [3.05, 3.63) is 0 Å². The summed E-state index contributed by atoms with van der Waals surface area (Å²) < 4.78 is 5.36. The fourth-order valence-electron chi connectivity index (χ4n) is 1.68. The highest BCUT2D eigenvalue weighted by atomic mass is 16.5. The molecule has 4 heteroatoms. The summed E-state index contributed by atoms with van der Waals surface area (Å²) in [6.07, 6.45) is 1.53. The number of ether oxygens (including phenoxy) is 1. The molecule has 0 bridgehead atoms. The molecule has 1 fully saturated rings. The van der Waals surface area contributed by atoms with Crippen LogP contribution >= 0.6 is 0 Å². The normalized spacial score (nSPS) is 28.8. The zero-order chi connectivity index (χ0) is 10.6. The van der Waals surface area contributed by atoms with E-state index in [2.05, 4.69) is 5.32 Å². The quantitative estimate of drug-likeness (QED) is 0.684. The van der Waals surface area contributed by atoms with Crippen molar-refractivity contribution < 1.29 is 9.53 Å². The van der Waals surface area contributed by atoms with Gasteiger partial charge in [-0.1, -0.05) is 6.92 Å². The molecule has 3 atom stereocenters. The lowest BCUT2D eigenvalue weighted by Gasteiger charge is -2.18. The Balaban J connectivity index is 2.33. The molecule has 3 N–H and O–H groups in total. The summed E-state index contributed by atoms with van der Waals surface area (Å²) in [7, 11) is 0. The molecule has 3 unspecified atom stereocenters. The van der Waals surface area contributed by atoms with Crippen LogP contribution < -0.4 is 11.1 Å². The van der Waals surface area contributed by atoms with Crippen molar-refractivity contribution in [3.8, 4) is 0 Å². The Bertz CT molecular complexity index is 197. The molecular formula is C10H20N2O2. The van der Waals surface area contributed by atoms with Crippen LogP contribution in [0, 0.1) is 5.92 Å². The van der Waals surface area contributed by atoms with Crippen LogP contribution in [-0.2, 0) is 9.53 Å². The van der Waals surface area contributed by atoms with E-state index < -0.39 is 0 Å². The van der Waals surface area contributed by atoms with Crippen LogP contribution in [0.4, 0.5) is 0 Å². The number of nitrogens with two attached hydrogens (primary N) is 1. The van der Waals surface area contributed by atoms with E-state index in [1.807, 2.05) is 13.8 Å². The van der Waals surface area contributed by atoms with E-state index in [4.69, 9.17) is 10.5 Å². The second-order valence-electron chi connectivity index (χ2n) is 4.04. The summed E-state index contributed by atoms with van der Waals surface area (Å²) >= 11 is 0. The average Bonchev–Trinajstić information content (AvgIpc) is 2.51. The third-order valence-corrected chi connectivity index (χ3v) is 2.63. The number of hydrogen-bond donors (Lipinski definition) is 2. The van der Waals surface area contributed by atoms with Gasteiger partial charge in [-0.3, -0.25) is 4.79 Å². The maximum Gasteiger partial charge on any atom is 0.249 e. The number of rotatable bonds is 4. The molecule has 82 valence electrons. The Kier molecular flexibility index (Phi) is 4.35. The Morgan fingerprint density at radius 3 is 2.93 bits per heavy atom. The second kappa shape index (κ2) is 5.32. The molecule has 0 spiro atoms. The molecule has 0 radical (unpaired) electrons. The minimum atomic E-state index is -0.254. The van der Waals surface area contributed by atoms with E-state index in [9.17, 15) is 4.79 Å². The van der Waals surface area contributed by atoms with Crippen molar-refractivity contribution in [2.45, 2.75) is 38.8 Å². The molecule has 1 aliphatic heterocycles. The van der Waals surface area contributed by atoms with E-state index in [1.54, 1.807) is 0 Å². The number of amides is 1. The number of hydrogen-bond acceptors (Lipinski definition) is 3. The van der Waals surface area contributed by atoms with Gasteiger partial charge in [-0.2, -0.15) is 0 Å². The van der Waals surface area contributed by atoms with Crippen molar-refractivity contribution in [2.75, 3.05) is 13.2 Å². The first-order valence-electron chi connectivity index (χ1n) is 5.27. The van der Waals surface area contributed by atoms with Gasteiger partial charge in [0.1, 0.15) is 6.10 Å². The second-order valence-corrected chi connectivity index (χ2v) is 4.04. The molecule has 1 saturated heterocycles. The zero-order valence-corrected chi connectivity index (χ0v) is 8.95. The summed E-state index contributed by atoms with van der Waals surface area (Å²) in [6, 6.07) is 0.142. The fourth-order valence-corrected chi connectivity index (χ4v) is 1.68. The molecule has 0 aromatic carbocycles.